The molecule has 2 saturated heterocycles. The lowest BCUT2D eigenvalue weighted by molar-refractivity contribution is 0.0937. The Morgan fingerprint density at radius 1 is 1.03 bits per heavy atom. The fourth-order valence-corrected chi connectivity index (χ4v) is 6.76. The monoisotopic (exact) mass is 485 g/mol. The van der Waals surface area contributed by atoms with Crippen LogP contribution >= 0.6 is 0 Å². The van der Waals surface area contributed by atoms with Crippen molar-refractivity contribution in [1.29, 1.82) is 0 Å². The lowest BCUT2D eigenvalue weighted by Crippen LogP contribution is -2.41. The number of piperidine rings is 1. The van der Waals surface area contributed by atoms with E-state index in [1.807, 2.05) is 25.1 Å². The topological polar surface area (TPSA) is 78.9 Å². The Morgan fingerprint density at radius 3 is 2.38 bits per heavy atom. The minimum absolute atomic E-state index is 0.000719. The quantitative estimate of drug-likeness (QED) is 0.615. The van der Waals surface area contributed by atoms with Crippen LogP contribution in [0.3, 0.4) is 0 Å². The Morgan fingerprint density at radius 2 is 1.71 bits per heavy atom. The minimum atomic E-state index is -3.55. The molecule has 184 valence electrons. The van der Waals surface area contributed by atoms with Gasteiger partial charge in [-0.25, -0.2) is 8.42 Å². The van der Waals surface area contributed by atoms with Crippen LogP contribution in [0.4, 0.5) is 0 Å². The first-order valence-corrected chi connectivity index (χ1v) is 13.6. The molecule has 7 nitrogen and oxygen atoms in total. The van der Waals surface area contributed by atoms with E-state index in [1.54, 1.807) is 35.7 Å². The highest BCUT2D eigenvalue weighted by Gasteiger charge is 2.31. The number of carbonyl (C=O) groups excluding carboxylic acids is 1. The zero-order chi connectivity index (χ0) is 24.1. The van der Waals surface area contributed by atoms with Gasteiger partial charge in [-0.3, -0.25) is 9.69 Å². The molecule has 2 aromatic carbocycles. The van der Waals surface area contributed by atoms with E-state index >= 15 is 0 Å². The normalized spacial score (nSPS) is 20.7. The summed E-state index contributed by atoms with van der Waals surface area (Å²) in [7, 11) is -1.89. The van der Waals surface area contributed by atoms with Gasteiger partial charge in [0.25, 0.3) is 5.91 Å². The van der Waals surface area contributed by atoms with E-state index in [0.717, 1.165) is 56.5 Å². The Bertz CT molecular complexity index is 1080. The first-order valence-electron chi connectivity index (χ1n) is 12.2. The molecule has 0 saturated carbocycles. The molecule has 2 aliphatic rings. The van der Waals surface area contributed by atoms with E-state index in [0.29, 0.717) is 18.7 Å². The van der Waals surface area contributed by atoms with Gasteiger partial charge in [0.15, 0.2) is 0 Å². The summed E-state index contributed by atoms with van der Waals surface area (Å²) in [6, 6.07) is 14.2. The van der Waals surface area contributed by atoms with Crippen LogP contribution in [0.5, 0.6) is 5.75 Å². The predicted molar refractivity (Wildman–Crippen MR) is 133 cm³/mol. The molecule has 2 atom stereocenters. The molecule has 1 amide bonds. The number of amides is 1. The lowest BCUT2D eigenvalue weighted by Gasteiger charge is -2.32. The zero-order valence-corrected chi connectivity index (χ0v) is 20.9. The number of methoxy groups -OCH3 is 1. The number of hydrogen-bond donors (Lipinski definition) is 1. The van der Waals surface area contributed by atoms with Gasteiger partial charge in [0, 0.05) is 30.3 Å². The molecule has 0 bridgehead atoms. The number of sulfonamides is 1. The molecule has 0 spiro atoms. The second-order valence-electron chi connectivity index (χ2n) is 9.20. The fraction of sp³-hybridized carbons (Fsp3) is 0.500. The third-order valence-corrected chi connectivity index (χ3v) is 9.03. The van der Waals surface area contributed by atoms with Crippen molar-refractivity contribution >= 4 is 15.9 Å². The van der Waals surface area contributed by atoms with Gasteiger partial charge in [0.05, 0.1) is 18.0 Å². The highest BCUT2D eigenvalue weighted by Crippen LogP contribution is 2.31. The van der Waals surface area contributed by atoms with Gasteiger partial charge in [0.2, 0.25) is 10.0 Å². The Balaban J connectivity index is 1.46. The summed E-state index contributed by atoms with van der Waals surface area (Å²) in [5.41, 5.74) is 1.51. The maximum Gasteiger partial charge on any atom is 0.251 e. The molecular weight excluding hydrogens is 450 g/mol. The number of hydrogen-bond acceptors (Lipinski definition) is 5. The van der Waals surface area contributed by atoms with Crippen LogP contribution in [-0.4, -0.2) is 62.9 Å². The average molecular weight is 486 g/mol. The number of carbonyl (C=O) groups is 1. The molecule has 4 rings (SSSR count). The van der Waals surface area contributed by atoms with Gasteiger partial charge in [0.1, 0.15) is 5.75 Å². The van der Waals surface area contributed by atoms with Crippen molar-refractivity contribution in [2.45, 2.75) is 56.0 Å². The molecule has 8 heteroatoms. The maximum absolute atomic E-state index is 13.1. The van der Waals surface area contributed by atoms with E-state index in [-0.39, 0.29) is 22.9 Å². The van der Waals surface area contributed by atoms with Gasteiger partial charge < -0.3 is 10.1 Å². The number of nitrogens with zero attached hydrogens (tertiary/aromatic N) is 2. The Labute approximate surface area is 203 Å². The molecule has 2 heterocycles. The molecular formula is C26H35N3O4S. The standard InChI is InChI=1S/C26H35N3O4S/c1-20-9-5-6-18-29(20)34(31,32)22-14-12-21(13-15-22)26(30)27-19-24(28-16-7-8-17-28)23-10-3-4-11-25(23)33-2/h3-4,10-15,20,24H,5-9,16-19H2,1-2H3,(H,27,30)/t20-,24+/m1/s1. The van der Waals surface area contributed by atoms with Crippen LogP contribution in [0.1, 0.15) is 61.0 Å². The van der Waals surface area contributed by atoms with Crippen molar-refractivity contribution in [3.63, 3.8) is 0 Å². The number of likely N-dealkylation sites (tertiary alicyclic amines) is 1. The maximum atomic E-state index is 13.1. The molecule has 0 radical (unpaired) electrons. The molecule has 2 aromatic rings. The van der Waals surface area contributed by atoms with Crippen molar-refractivity contribution in [3.05, 3.63) is 59.7 Å². The molecule has 0 aromatic heterocycles. The van der Waals surface area contributed by atoms with E-state index in [4.69, 9.17) is 4.74 Å². The molecule has 2 fully saturated rings. The minimum Gasteiger partial charge on any atom is -0.496 e. The van der Waals surface area contributed by atoms with Crippen LogP contribution < -0.4 is 10.1 Å². The van der Waals surface area contributed by atoms with E-state index in [2.05, 4.69) is 16.3 Å². The number of nitrogens with one attached hydrogen (secondary N) is 1. The summed E-state index contributed by atoms with van der Waals surface area (Å²) in [4.78, 5) is 15.6. The first kappa shape index (κ1) is 24.7. The van der Waals surface area contributed by atoms with Gasteiger partial charge in [-0.1, -0.05) is 24.6 Å². The van der Waals surface area contributed by atoms with Crippen LogP contribution in [0.2, 0.25) is 0 Å². The van der Waals surface area contributed by atoms with Crippen molar-refractivity contribution in [2.75, 3.05) is 33.3 Å². The molecule has 0 unspecified atom stereocenters. The number of rotatable bonds is 8. The van der Waals surface area contributed by atoms with Gasteiger partial charge in [-0.05, 0) is 76.0 Å². The molecule has 0 aliphatic carbocycles. The average Bonchev–Trinajstić information content (AvgIpc) is 3.39. The van der Waals surface area contributed by atoms with Crippen molar-refractivity contribution < 1.29 is 17.9 Å². The third kappa shape index (κ3) is 5.29. The smallest absolute Gasteiger partial charge is 0.251 e. The summed E-state index contributed by atoms with van der Waals surface area (Å²) in [5.74, 6) is 0.601. The summed E-state index contributed by atoms with van der Waals surface area (Å²) in [5, 5.41) is 3.06. The second kappa shape index (κ2) is 10.9. The van der Waals surface area contributed by atoms with Gasteiger partial charge >= 0.3 is 0 Å². The first-order chi connectivity index (χ1) is 16.4. The third-order valence-electron chi connectivity index (χ3n) is 7.00. The lowest BCUT2D eigenvalue weighted by atomic mass is 10.0. The number of benzene rings is 2. The van der Waals surface area contributed by atoms with Gasteiger partial charge in [-0.2, -0.15) is 4.31 Å². The van der Waals surface area contributed by atoms with Crippen LogP contribution in [0, 0.1) is 0 Å². The summed E-state index contributed by atoms with van der Waals surface area (Å²) >= 11 is 0. The number of ether oxygens (including phenoxy) is 1. The van der Waals surface area contributed by atoms with Gasteiger partial charge in [-0.15, -0.1) is 0 Å². The summed E-state index contributed by atoms with van der Waals surface area (Å²) in [6.07, 6.45) is 5.11. The number of para-hydroxylation sites is 1. The van der Waals surface area contributed by atoms with Crippen LogP contribution in [0.25, 0.3) is 0 Å². The van der Waals surface area contributed by atoms with Crippen molar-refractivity contribution in [3.8, 4) is 5.75 Å². The molecule has 2 aliphatic heterocycles. The SMILES string of the molecule is COc1ccccc1[C@H](CNC(=O)c1ccc(S(=O)(=O)N2CCCC[C@H]2C)cc1)N1CCCC1. The van der Waals surface area contributed by atoms with E-state index < -0.39 is 10.0 Å². The van der Waals surface area contributed by atoms with Crippen LogP contribution in [0.15, 0.2) is 53.4 Å². The molecule has 1 N–H and O–H groups in total. The van der Waals surface area contributed by atoms with E-state index in [1.165, 1.54) is 0 Å². The second-order valence-corrected chi connectivity index (χ2v) is 11.1. The highest BCUT2D eigenvalue weighted by atomic mass is 32.2. The zero-order valence-electron chi connectivity index (χ0n) is 20.1. The van der Waals surface area contributed by atoms with Crippen molar-refractivity contribution in [2.24, 2.45) is 0 Å². The highest BCUT2D eigenvalue weighted by molar-refractivity contribution is 7.89. The Kier molecular flexibility index (Phi) is 7.91. The molecule has 34 heavy (non-hydrogen) atoms. The summed E-state index contributed by atoms with van der Waals surface area (Å²) in [6.45, 7) is 4.92. The van der Waals surface area contributed by atoms with Crippen LogP contribution in [-0.2, 0) is 10.0 Å². The Hall–Kier alpha value is -2.42. The predicted octanol–water partition coefficient (Wildman–Crippen LogP) is 3.83. The summed E-state index contributed by atoms with van der Waals surface area (Å²) < 4.78 is 33.3. The van der Waals surface area contributed by atoms with Crippen molar-refractivity contribution in [1.82, 2.24) is 14.5 Å². The van der Waals surface area contributed by atoms with E-state index in [9.17, 15) is 13.2 Å². The largest absolute Gasteiger partial charge is 0.496 e. The fourth-order valence-electron chi connectivity index (χ4n) is 5.06.